The lowest BCUT2D eigenvalue weighted by Gasteiger charge is -2.28. The van der Waals surface area contributed by atoms with E-state index in [2.05, 4.69) is 39.0 Å². The van der Waals surface area contributed by atoms with Gasteiger partial charge >= 0.3 is 0 Å². The van der Waals surface area contributed by atoms with Gasteiger partial charge in [0.1, 0.15) is 5.78 Å². The van der Waals surface area contributed by atoms with Crippen LogP contribution in [0.5, 0.6) is 0 Å². The molecule has 2 rings (SSSR count). The lowest BCUT2D eigenvalue weighted by Crippen LogP contribution is -2.26. The fraction of sp³-hybridized carbons (Fsp3) is 0.611. The van der Waals surface area contributed by atoms with Gasteiger partial charge in [0.15, 0.2) is 0 Å². The van der Waals surface area contributed by atoms with Crippen LogP contribution in [0.25, 0.3) is 0 Å². The molecule has 0 aromatic heterocycles. The van der Waals surface area contributed by atoms with Crippen LogP contribution in [0.15, 0.2) is 18.2 Å². The first-order chi connectivity index (χ1) is 9.10. The molecular formula is C18H26O. The van der Waals surface area contributed by atoms with E-state index in [-0.39, 0.29) is 5.92 Å². The van der Waals surface area contributed by atoms with Crippen LogP contribution in [-0.4, -0.2) is 5.78 Å². The molecule has 1 aliphatic carbocycles. The van der Waals surface area contributed by atoms with Crippen molar-refractivity contribution in [2.24, 2.45) is 11.8 Å². The number of hydrogen-bond acceptors (Lipinski definition) is 1. The van der Waals surface area contributed by atoms with Gasteiger partial charge in [-0.3, -0.25) is 4.79 Å². The topological polar surface area (TPSA) is 17.1 Å². The van der Waals surface area contributed by atoms with Gasteiger partial charge in [-0.15, -0.1) is 0 Å². The quantitative estimate of drug-likeness (QED) is 0.769. The summed E-state index contributed by atoms with van der Waals surface area (Å²) in [7, 11) is 0. The van der Waals surface area contributed by atoms with Crippen LogP contribution in [0.3, 0.4) is 0 Å². The minimum atomic E-state index is 0.271. The zero-order valence-electron chi connectivity index (χ0n) is 12.5. The fourth-order valence-electron chi connectivity index (χ4n) is 3.28. The van der Waals surface area contributed by atoms with Crippen molar-refractivity contribution >= 4 is 5.78 Å². The van der Waals surface area contributed by atoms with Crippen LogP contribution >= 0.6 is 0 Å². The van der Waals surface area contributed by atoms with Gasteiger partial charge in [-0.25, -0.2) is 0 Å². The molecule has 1 nitrogen and oxygen atoms in total. The Kier molecular flexibility index (Phi) is 4.79. The van der Waals surface area contributed by atoms with E-state index in [0.29, 0.717) is 5.78 Å². The van der Waals surface area contributed by atoms with Gasteiger partial charge in [-0.1, -0.05) is 38.0 Å². The van der Waals surface area contributed by atoms with Crippen molar-refractivity contribution in [2.75, 3.05) is 0 Å². The molecule has 0 aliphatic heterocycles. The highest BCUT2D eigenvalue weighted by Gasteiger charge is 2.28. The SMILES string of the molecule is CCCC1CCC(=O)C(Cc2ccc(C)c(C)c2)C1. The van der Waals surface area contributed by atoms with Crippen LogP contribution in [0, 0.1) is 25.7 Å². The van der Waals surface area contributed by atoms with Crippen molar-refractivity contribution in [3.63, 3.8) is 0 Å². The monoisotopic (exact) mass is 258 g/mol. The molecule has 1 heteroatoms. The predicted molar refractivity (Wildman–Crippen MR) is 80.4 cm³/mol. The lowest BCUT2D eigenvalue weighted by molar-refractivity contribution is -0.125. The summed E-state index contributed by atoms with van der Waals surface area (Å²) < 4.78 is 0. The van der Waals surface area contributed by atoms with Gasteiger partial charge in [-0.05, 0) is 55.7 Å². The zero-order chi connectivity index (χ0) is 13.8. The zero-order valence-corrected chi connectivity index (χ0v) is 12.5. The van der Waals surface area contributed by atoms with Crippen LogP contribution in [0.4, 0.5) is 0 Å². The Morgan fingerprint density at radius 2 is 2.00 bits per heavy atom. The molecule has 1 aromatic carbocycles. The Morgan fingerprint density at radius 3 is 2.68 bits per heavy atom. The molecule has 104 valence electrons. The molecule has 2 atom stereocenters. The number of ketones is 1. The molecule has 0 radical (unpaired) electrons. The average Bonchev–Trinajstić information content (AvgIpc) is 2.38. The lowest BCUT2D eigenvalue weighted by atomic mass is 9.76. The molecule has 0 amide bonds. The third-order valence-electron chi connectivity index (χ3n) is 4.62. The van der Waals surface area contributed by atoms with Crippen molar-refractivity contribution in [1.82, 2.24) is 0 Å². The Hall–Kier alpha value is -1.11. The summed E-state index contributed by atoms with van der Waals surface area (Å²) >= 11 is 0. The highest BCUT2D eigenvalue weighted by Crippen LogP contribution is 2.31. The highest BCUT2D eigenvalue weighted by molar-refractivity contribution is 5.82. The molecule has 0 spiro atoms. The summed E-state index contributed by atoms with van der Waals surface area (Å²) in [6.45, 7) is 6.54. The second-order valence-corrected chi connectivity index (χ2v) is 6.22. The average molecular weight is 258 g/mol. The van der Waals surface area contributed by atoms with Crippen molar-refractivity contribution in [2.45, 2.75) is 59.3 Å². The maximum absolute atomic E-state index is 12.1. The largest absolute Gasteiger partial charge is 0.299 e. The molecule has 0 N–H and O–H groups in total. The molecule has 1 aliphatic rings. The fourth-order valence-corrected chi connectivity index (χ4v) is 3.28. The van der Waals surface area contributed by atoms with E-state index in [1.54, 1.807) is 0 Å². The number of benzene rings is 1. The Morgan fingerprint density at radius 1 is 1.21 bits per heavy atom. The van der Waals surface area contributed by atoms with E-state index in [9.17, 15) is 4.79 Å². The summed E-state index contributed by atoms with van der Waals surface area (Å²) in [6, 6.07) is 6.63. The van der Waals surface area contributed by atoms with Crippen molar-refractivity contribution < 1.29 is 4.79 Å². The smallest absolute Gasteiger partial charge is 0.136 e. The molecule has 19 heavy (non-hydrogen) atoms. The molecule has 2 unspecified atom stereocenters. The number of Topliss-reactive ketones (excluding diaryl/α,β-unsaturated/α-hetero) is 1. The Bertz CT molecular complexity index is 447. The van der Waals surface area contributed by atoms with Gasteiger partial charge < -0.3 is 0 Å². The summed E-state index contributed by atoms with van der Waals surface area (Å²) in [5.41, 5.74) is 4.01. The number of rotatable bonds is 4. The molecule has 1 aromatic rings. The third kappa shape index (κ3) is 3.68. The number of hydrogen-bond donors (Lipinski definition) is 0. The van der Waals surface area contributed by atoms with Gasteiger partial charge in [0, 0.05) is 12.3 Å². The predicted octanol–water partition coefficient (Wildman–Crippen LogP) is 4.63. The van der Waals surface area contributed by atoms with E-state index in [4.69, 9.17) is 0 Å². The van der Waals surface area contributed by atoms with Gasteiger partial charge in [0.25, 0.3) is 0 Å². The van der Waals surface area contributed by atoms with Crippen molar-refractivity contribution in [3.05, 3.63) is 34.9 Å². The first-order valence-corrected chi connectivity index (χ1v) is 7.69. The van der Waals surface area contributed by atoms with E-state index in [1.807, 2.05) is 0 Å². The Balaban J connectivity index is 2.03. The van der Waals surface area contributed by atoms with E-state index >= 15 is 0 Å². The van der Waals surface area contributed by atoms with E-state index in [0.717, 1.165) is 31.6 Å². The number of aryl methyl sites for hydroxylation is 2. The second-order valence-electron chi connectivity index (χ2n) is 6.22. The van der Waals surface area contributed by atoms with Crippen molar-refractivity contribution in [3.8, 4) is 0 Å². The maximum Gasteiger partial charge on any atom is 0.136 e. The summed E-state index contributed by atoms with van der Waals surface area (Å²) in [5, 5.41) is 0. The number of carbonyl (C=O) groups is 1. The summed E-state index contributed by atoms with van der Waals surface area (Å²) in [6.07, 6.45) is 6.52. The summed E-state index contributed by atoms with van der Waals surface area (Å²) in [5.74, 6) is 1.54. The Labute approximate surface area is 117 Å². The molecule has 0 bridgehead atoms. The van der Waals surface area contributed by atoms with Crippen LogP contribution in [0.2, 0.25) is 0 Å². The van der Waals surface area contributed by atoms with Gasteiger partial charge in [-0.2, -0.15) is 0 Å². The first-order valence-electron chi connectivity index (χ1n) is 7.69. The molecule has 1 saturated carbocycles. The number of carbonyl (C=O) groups excluding carboxylic acids is 1. The third-order valence-corrected chi connectivity index (χ3v) is 4.62. The van der Waals surface area contributed by atoms with Gasteiger partial charge in [0.05, 0.1) is 0 Å². The normalized spacial score (nSPS) is 23.6. The molecule has 0 saturated heterocycles. The first kappa shape index (κ1) is 14.3. The minimum absolute atomic E-state index is 0.271. The van der Waals surface area contributed by atoms with Gasteiger partial charge in [0.2, 0.25) is 0 Å². The minimum Gasteiger partial charge on any atom is -0.299 e. The maximum atomic E-state index is 12.1. The van der Waals surface area contributed by atoms with Crippen LogP contribution in [-0.2, 0) is 11.2 Å². The van der Waals surface area contributed by atoms with Crippen LogP contribution < -0.4 is 0 Å². The van der Waals surface area contributed by atoms with E-state index in [1.165, 1.54) is 29.5 Å². The highest BCUT2D eigenvalue weighted by atomic mass is 16.1. The second kappa shape index (κ2) is 6.36. The standard InChI is InChI=1S/C18H26O/c1-4-5-15-8-9-18(19)17(11-15)12-16-7-6-13(2)14(3)10-16/h6-7,10,15,17H,4-5,8-9,11-12H2,1-3H3. The molecular weight excluding hydrogens is 232 g/mol. The summed E-state index contributed by atoms with van der Waals surface area (Å²) in [4.78, 5) is 12.1. The van der Waals surface area contributed by atoms with Crippen LogP contribution in [0.1, 0.15) is 55.7 Å². The van der Waals surface area contributed by atoms with E-state index < -0.39 is 0 Å². The molecule has 1 fully saturated rings. The van der Waals surface area contributed by atoms with Crippen molar-refractivity contribution in [1.29, 1.82) is 0 Å². The molecule has 0 heterocycles.